The fourth-order valence-electron chi connectivity index (χ4n) is 1.43. The van der Waals surface area contributed by atoms with Crippen LogP contribution in [-0.4, -0.2) is 23.1 Å². The van der Waals surface area contributed by atoms with Gasteiger partial charge in [0.25, 0.3) is 5.22 Å². The number of benzene rings is 1. The van der Waals surface area contributed by atoms with Crippen LogP contribution in [-0.2, 0) is 0 Å². The van der Waals surface area contributed by atoms with Crippen molar-refractivity contribution in [1.29, 1.82) is 5.26 Å². The van der Waals surface area contributed by atoms with Crippen molar-refractivity contribution in [2.24, 2.45) is 0 Å². The van der Waals surface area contributed by atoms with E-state index < -0.39 is 0 Å². The molecular formula is C13H13N3O2S. The van der Waals surface area contributed by atoms with Crippen molar-refractivity contribution in [3.63, 3.8) is 0 Å². The predicted octanol–water partition coefficient (Wildman–Crippen LogP) is 3.14. The third-order valence-electron chi connectivity index (χ3n) is 2.40. The van der Waals surface area contributed by atoms with E-state index in [0.29, 0.717) is 17.5 Å². The zero-order chi connectivity index (χ0) is 13.5. The van der Waals surface area contributed by atoms with Crippen molar-refractivity contribution < 1.29 is 9.15 Å². The molecular weight excluding hydrogens is 262 g/mol. The Morgan fingerprint density at radius 1 is 1.32 bits per heavy atom. The molecule has 0 saturated heterocycles. The molecule has 0 amide bonds. The molecule has 98 valence electrons. The highest BCUT2D eigenvalue weighted by Crippen LogP contribution is 2.25. The van der Waals surface area contributed by atoms with E-state index in [0.717, 1.165) is 23.5 Å². The number of methoxy groups -OCH3 is 1. The first kappa shape index (κ1) is 13.4. The summed E-state index contributed by atoms with van der Waals surface area (Å²) < 4.78 is 10.6. The molecule has 19 heavy (non-hydrogen) atoms. The highest BCUT2D eigenvalue weighted by molar-refractivity contribution is 7.99. The number of aromatic nitrogens is 2. The Kier molecular flexibility index (Phi) is 4.81. The Labute approximate surface area is 115 Å². The number of thioether (sulfide) groups is 1. The minimum absolute atomic E-state index is 0.491. The minimum atomic E-state index is 0.491. The van der Waals surface area contributed by atoms with Crippen molar-refractivity contribution in [2.45, 2.75) is 18.1 Å². The van der Waals surface area contributed by atoms with Gasteiger partial charge >= 0.3 is 0 Å². The molecule has 1 heterocycles. The van der Waals surface area contributed by atoms with Crippen molar-refractivity contribution in [1.82, 2.24) is 10.2 Å². The van der Waals surface area contributed by atoms with Gasteiger partial charge in [-0.25, -0.2) is 0 Å². The molecule has 0 aliphatic carbocycles. The molecule has 0 spiro atoms. The first-order chi connectivity index (χ1) is 9.33. The van der Waals surface area contributed by atoms with E-state index >= 15 is 0 Å². The standard InChI is InChI=1S/C13H13N3O2S/c1-17-11-6-4-10(5-7-11)12-15-16-13(18-12)19-9-3-2-8-14/h4-7H,2-3,9H2,1H3. The molecule has 0 saturated carbocycles. The number of rotatable bonds is 6. The molecule has 0 aliphatic heterocycles. The molecule has 5 nitrogen and oxygen atoms in total. The summed E-state index contributed by atoms with van der Waals surface area (Å²) in [6.45, 7) is 0. The second-order valence-electron chi connectivity index (χ2n) is 3.71. The van der Waals surface area contributed by atoms with Gasteiger partial charge in [-0.2, -0.15) is 5.26 Å². The van der Waals surface area contributed by atoms with Gasteiger partial charge in [-0.3, -0.25) is 0 Å². The van der Waals surface area contributed by atoms with E-state index in [4.69, 9.17) is 14.4 Å². The maximum atomic E-state index is 8.44. The van der Waals surface area contributed by atoms with E-state index in [1.807, 2.05) is 24.3 Å². The Balaban J connectivity index is 1.97. The molecule has 0 atom stereocenters. The van der Waals surface area contributed by atoms with Crippen LogP contribution in [0.15, 0.2) is 33.9 Å². The number of unbranched alkanes of at least 4 members (excludes halogenated alkanes) is 1. The summed E-state index contributed by atoms with van der Waals surface area (Å²) in [6, 6.07) is 9.54. The van der Waals surface area contributed by atoms with Gasteiger partial charge in [0.05, 0.1) is 13.2 Å². The molecule has 0 radical (unpaired) electrons. The van der Waals surface area contributed by atoms with Gasteiger partial charge in [0.1, 0.15) is 5.75 Å². The Bertz CT molecular complexity index is 560. The third kappa shape index (κ3) is 3.73. The van der Waals surface area contributed by atoms with Crippen LogP contribution in [0, 0.1) is 11.3 Å². The van der Waals surface area contributed by atoms with Crippen LogP contribution in [0.3, 0.4) is 0 Å². The van der Waals surface area contributed by atoms with Gasteiger partial charge in [-0.15, -0.1) is 10.2 Å². The number of ether oxygens (including phenoxy) is 1. The zero-order valence-corrected chi connectivity index (χ0v) is 11.3. The summed E-state index contributed by atoms with van der Waals surface area (Å²) in [5, 5.41) is 16.9. The molecule has 1 aromatic carbocycles. The van der Waals surface area contributed by atoms with Gasteiger partial charge < -0.3 is 9.15 Å². The summed E-state index contributed by atoms with van der Waals surface area (Å²) in [5.74, 6) is 2.08. The van der Waals surface area contributed by atoms with Gasteiger partial charge in [0, 0.05) is 17.7 Å². The monoisotopic (exact) mass is 275 g/mol. The normalized spacial score (nSPS) is 10.1. The quantitative estimate of drug-likeness (QED) is 0.595. The van der Waals surface area contributed by atoms with E-state index in [9.17, 15) is 0 Å². The van der Waals surface area contributed by atoms with E-state index in [-0.39, 0.29) is 0 Å². The summed E-state index contributed by atoms with van der Waals surface area (Å²) >= 11 is 1.47. The molecule has 0 fully saturated rings. The minimum Gasteiger partial charge on any atom is -0.497 e. The van der Waals surface area contributed by atoms with E-state index in [1.54, 1.807) is 7.11 Å². The van der Waals surface area contributed by atoms with E-state index in [2.05, 4.69) is 16.3 Å². The molecule has 6 heteroatoms. The smallest absolute Gasteiger partial charge is 0.276 e. The van der Waals surface area contributed by atoms with Crippen molar-refractivity contribution in [3.05, 3.63) is 24.3 Å². The molecule has 0 bridgehead atoms. The van der Waals surface area contributed by atoms with Crippen LogP contribution in [0.4, 0.5) is 0 Å². The maximum absolute atomic E-state index is 8.44. The highest BCUT2D eigenvalue weighted by atomic mass is 32.2. The van der Waals surface area contributed by atoms with Crippen LogP contribution in [0.5, 0.6) is 5.75 Å². The number of nitrogens with zero attached hydrogens (tertiary/aromatic N) is 3. The first-order valence-corrected chi connectivity index (χ1v) is 6.79. The molecule has 2 aromatic rings. The number of hydrogen-bond donors (Lipinski definition) is 0. The fraction of sp³-hybridized carbons (Fsp3) is 0.308. The Morgan fingerprint density at radius 2 is 2.11 bits per heavy atom. The van der Waals surface area contributed by atoms with Gasteiger partial charge in [-0.1, -0.05) is 11.8 Å². The topological polar surface area (TPSA) is 71.9 Å². The molecule has 0 unspecified atom stereocenters. The summed E-state index contributed by atoms with van der Waals surface area (Å²) in [7, 11) is 1.62. The van der Waals surface area contributed by atoms with Gasteiger partial charge in [0.15, 0.2) is 0 Å². The average Bonchev–Trinajstić information content (AvgIpc) is 2.92. The lowest BCUT2D eigenvalue weighted by atomic mass is 10.2. The lowest BCUT2D eigenvalue weighted by molar-refractivity contribution is 0.414. The van der Waals surface area contributed by atoms with Crippen molar-refractivity contribution >= 4 is 11.8 Å². The molecule has 1 aromatic heterocycles. The zero-order valence-electron chi connectivity index (χ0n) is 10.5. The maximum Gasteiger partial charge on any atom is 0.276 e. The number of nitriles is 1. The first-order valence-electron chi connectivity index (χ1n) is 5.81. The van der Waals surface area contributed by atoms with Crippen LogP contribution in [0.1, 0.15) is 12.8 Å². The largest absolute Gasteiger partial charge is 0.497 e. The van der Waals surface area contributed by atoms with E-state index in [1.165, 1.54) is 11.8 Å². The Morgan fingerprint density at radius 3 is 2.79 bits per heavy atom. The SMILES string of the molecule is COc1ccc(-c2nnc(SCCCC#N)o2)cc1. The summed E-state index contributed by atoms with van der Waals surface area (Å²) in [4.78, 5) is 0. The predicted molar refractivity (Wildman–Crippen MR) is 71.9 cm³/mol. The molecule has 0 aliphatic rings. The van der Waals surface area contributed by atoms with Crippen molar-refractivity contribution in [3.8, 4) is 23.3 Å². The van der Waals surface area contributed by atoms with Crippen LogP contribution < -0.4 is 4.74 Å². The molecule has 0 N–H and O–H groups in total. The molecule has 2 rings (SSSR count). The second kappa shape index (κ2) is 6.81. The fourth-order valence-corrected chi connectivity index (χ4v) is 2.13. The second-order valence-corrected chi connectivity index (χ2v) is 4.76. The third-order valence-corrected chi connectivity index (χ3v) is 3.31. The highest BCUT2D eigenvalue weighted by Gasteiger charge is 2.08. The van der Waals surface area contributed by atoms with Crippen LogP contribution in [0.2, 0.25) is 0 Å². The lowest BCUT2D eigenvalue weighted by Gasteiger charge is -1.99. The summed E-state index contributed by atoms with van der Waals surface area (Å²) in [5.41, 5.74) is 0.858. The summed E-state index contributed by atoms with van der Waals surface area (Å²) in [6.07, 6.45) is 1.37. The van der Waals surface area contributed by atoms with Gasteiger partial charge in [0.2, 0.25) is 5.89 Å². The van der Waals surface area contributed by atoms with Crippen LogP contribution in [0.25, 0.3) is 11.5 Å². The van der Waals surface area contributed by atoms with Gasteiger partial charge in [-0.05, 0) is 30.7 Å². The van der Waals surface area contributed by atoms with Crippen molar-refractivity contribution in [2.75, 3.05) is 12.9 Å². The number of hydrogen-bond acceptors (Lipinski definition) is 6. The average molecular weight is 275 g/mol. The Hall–Kier alpha value is -2.00. The van der Waals surface area contributed by atoms with Crippen LogP contribution >= 0.6 is 11.8 Å². The lowest BCUT2D eigenvalue weighted by Crippen LogP contribution is -1.82.